The first-order valence-corrected chi connectivity index (χ1v) is 5.60. The summed E-state index contributed by atoms with van der Waals surface area (Å²) in [5.41, 5.74) is 5.62. The van der Waals surface area contributed by atoms with Gasteiger partial charge in [0.05, 0.1) is 6.54 Å². The molecule has 0 saturated heterocycles. The van der Waals surface area contributed by atoms with E-state index in [1.165, 1.54) is 17.3 Å². The van der Waals surface area contributed by atoms with E-state index in [1.807, 2.05) is 0 Å². The predicted octanol–water partition coefficient (Wildman–Crippen LogP) is -0.662. The van der Waals surface area contributed by atoms with Crippen LogP contribution in [0.3, 0.4) is 0 Å². The number of aryl methyl sites for hydroxylation is 1. The molecule has 3 aromatic heterocycles. The molecular formula is C9H10N10O. The lowest BCUT2D eigenvalue weighted by atomic mass is 10.6. The van der Waals surface area contributed by atoms with E-state index in [0.717, 1.165) is 0 Å². The van der Waals surface area contributed by atoms with Gasteiger partial charge < -0.3 is 15.6 Å². The molecule has 3 rings (SSSR count). The van der Waals surface area contributed by atoms with Crippen LogP contribution in [0.25, 0.3) is 5.95 Å². The van der Waals surface area contributed by atoms with Crippen LogP contribution in [0.5, 0.6) is 0 Å². The van der Waals surface area contributed by atoms with Crippen molar-refractivity contribution in [3.63, 3.8) is 0 Å². The summed E-state index contributed by atoms with van der Waals surface area (Å²) in [5, 5.41) is 10.5. The number of nitrogens with two attached hydrogens (primary N) is 1. The van der Waals surface area contributed by atoms with Crippen LogP contribution >= 0.6 is 0 Å². The lowest BCUT2D eigenvalue weighted by molar-refractivity contribution is 0.379. The van der Waals surface area contributed by atoms with Crippen molar-refractivity contribution in [2.45, 2.75) is 13.5 Å². The molecule has 0 bridgehead atoms. The Morgan fingerprint density at radius 3 is 2.90 bits per heavy atom. The van der Waals surface area contributed by atoms with Crippen molar-refractivity contribution in [2.75, 3.05) is 11.1 Å². The third-order valence-electron chi connectivity index (χ3n) is 2.23. The minimum atomic E-state index is 0.0645. The minimum absolute atomic E-state index is 0.0645. The van der Waals surface area contributed by atoms with E-state index < -0.39 is 0 Å². The molecule has 20 heavy (non-hydrogen) atoms. The Kier molecular flexibility index (Phi) is 2.91. The van der Waals surface area contributed by atoms with E-state index in [4.69, 9.17) is 10.3 Å². The van der Waals surface area contributed by atoms with Crippen molar-refractivity contribution in [3.8, 4) is 5.95 Å². The van der Waals surface area contributed by atoms with Crippen molar-refractivity contribution < 1.29 is 4.52 Å². The number of nitrogens with one attached hydrogen (secondary N) is 1. The van der Waals surface area contributed by atoms with E-state index in [9.17, 15) is 0 Å². The first kappa shape index (κ1) is 12.0. The molecule has 0 radical (unpaired) electrons. The zero-order chi connectivity index (χ0) is 13.9. The highest BCUT2D eigenvalue weighted by atomic mass is 16.5. The first-order valence-electron chi connectivity index (χ1n) is 5.60. The van der Waals surface area contributed by atoms with Gasteiger partial charge in [-0.3, -0.25) is 0 Å². The van der Waals surface area contributed by atoms with Gasteiger partial charge in [-0.2, -0.15) is 29.7 Å². The summed E-state index contributed by atoms with van der Waals surface area (Å²) in [6.45, 7) is 2.01. The maximum absolute atomic E-state index is 5.62. The molecule has 3 aromatic rings. The number of nitrogens with zero attached hydrogens (tertiary/aromatic N) is 8. The lowest BCUT2D eigenvalue weighted by Crippen LogP contribution is -2.11. The average molecular weight is 274 g/mol. The Hall–Kier alpha value is -3.11. The molecule has 0 saturated carbocycles. The van der Waals surface area contributed by atoms with Gasteiger partial charge >= 0.3 is 0 Å². The van der Waals surface area contributed by atoms with Gasteiger partial charge in [0.2, 0.25) is 17.8 Å². The van der Waals surface area contributed by atoms with Crippen LogP contribution in [0, 0.1) is 6.92 Å². The zero-order valence-electron chi connectivity index (χ0n) is 10.4. The molecule has 102 valence electrons. The molecule has 0 amide bonds. The maximum atomic E-state index is 5.62. The van der Waals surface area contributed by atoms with E-state index in [2.05, 4.69) is 40.5 Å². The number of nitrogen functional groups attached to an aromatic ring is 1. The van der Waals surface area contributed by atoms with E-state index in [0.29, 0.717) is 11.7 Å². The third-order valence-corrected chi connectivity index (χ3v) is 2.23. The molecule has 0 unspecified atom stereocenters. The largest absolute Gasteiger partial charge is 0.368 e. The van der Waals surface area contributed by atoms with Gasteiger partial charge in [-0.15, -0.1) is 0 Å². The molecule has 0 fully saturated rings. The average Bonchev–Trinajstić information content (AvgIpc) is 3.07. The fraction of sp³-hybridized carbons (Fsp3) is 0.222. The van der Waals surface area contributed by atoms with Crippen molar-refractivity contribution in [3.05, 3.63) is 24.4 Å². The van der Waals surface area contributed by atoms with Gasteiger partial charge in [0.1, 0.15) is 12.7 Å². The Morgan fingerprint density at radius 1 is 1.30 bits per heavy atom. The summed E-state index contributed by atoms with van der Waals surface area (Å²) in [6.07, 6.45) is 2.83. The Balaban J connectivity index is 1.79. The van der Waals surface area contributed by atoms with E-state index in [1.54, 1.807) is 6.92 Å². The van der Waals surface area contributed by atoms with Gasteiger partial charge in [-0.1, -0.05) is 5.16 Å². The van der Waals surface area contributed by atoms with Gasteiger partial charge in [0.15, 0.2) is 5.82 Å². The molecule has 11 nitrogen and oxygen atoms in total. The molecule has 0 atom stereocenters. The summed E-state index contributed by atoms with van der Waals surface area (Å²) in [7, 11) is 0. The van der Waals surface area contributed by atoms with E-state index in [-0.39, 0.29) is 24.4 Å². The molecule has 0 aliphatic heterocycles. The lowest BCUT2D eigenvalue weighted by Gasteiger charge is -2.04. The zero-order valence-corrected chi connectivity index (χ0v) is 10.4. The quantitative estimate of drug-likeness (QED) is 0.628. The topological polar surface area (TPSA) is 146 Å². The van der Waals surface area contributed by atoms with Crippen molar-refractivity contribution in [1.29, 1.82) is 0 Å². The van der Waals surface area contributed by atoms with Crippen LogP contribution in [0.4, 0.5) is 11.9 Å². The summed E-state index contributed by atoms with van der Waals surface area (Å²) in [5.74, 6) is 1.58. The number of hydrogen-bond donors (Lipinski definition) is 2. The fourth-order valence-electron chi connectivity index (χ4n) is 1.44. The molecule has 3 heterocycles. The molecule has 3 N–H and O–H groups in total. The second-order valence-corrected chi connectivity index (χ2v) is 3.75. The molecule has 11 heteroatoms. The highest BCUT2D eigenvalue weighted by Crippen LogP contribution is 2.07. The maximum Gasteiger partial charge on any atom is 0.258 e. The van der Waals surface area contributed by atoms with Crippen LogP contribution in [-0.2, 0) is 6.54 Å². The van der Waals surface area contributed by atoms with Crippen molar-refractivity contribution in [2.24, 2.45) is 0 Å². The summed E-state index contributed by atoms with van der Waals surface area (Å²) in [6, 6.07) is 0. The van der Waals surface area contributed by atoms with Crippen LogP contribution in [0.15, 0.2) is 17.2 Å². The molecule has 0 aliphatic carbocycles. The number of aromatic nitrogens is 8. The van der Waals surface area contributed by atoms with Gasteiger partial charge in [-0.25, -0.2) is 4.98 Å². The second-order valence-electron chi connectivity index (χ2n) is 3.75. The van der Waals surface area contributed by atoms with Crippen molar-refractivity contribution >= 4 is 11.9 Å². The third kappa shape index (κ3) is 2.50. The minimum Gasteiger partial charge on any atom is -0.368 e. The smallest absolute Gasteiger partial charge is 0.258 e. The van der Waals surface area contributed by atoms with Crippen LogP contribution < -0.4 is 11.1 Å². The highest BCUT2D eigenvalue weighted by Gasteiger charge is 2.08. The molecule has 0 aromatic carbocycles. The second kappa shape index (κ2) is 4.87. The Bertz CT molecular complexity index is 705. The van der Waals surface area contributed by atoms with Gasteiger partial charge in [-0.05, 0) is 6.92 Å². The van der Waals surface area contributed by atoms with Crippen LogP contribution in [0.1, 0.15) is 11.7 Å². The SMILES string of the molecule is Cc1noc(CNc2nc(N)nc(-n3cncn3)n2)n1. The van der Waals surface area contributed by atoms with Crippen LogP contribution in [-0.4, -0.2) is 39.9 Å². The summed E-state index contributed by atoms with van der Waals surface area (Å²) >= 11 is 0. The first-order chi connectivity index (χ1) is 9.70. The number of anilines is 2. The fourth-order valence-corrected chi connectivity index (χ4v) is 1.44. The normalized spacial score (nSPS) is 10.7. The van der Waals surface area contributed by atoms with Gasteiger partial charge in [0, 0.05) is 0 Å². The summed E-state index contributed by atoms with van der Waals surface area (Å²) in [4.78, 5) is 19.9. The highest BCUT2D eigenvalue weighted by molar-refractivity contribution is 5.34. The van der Waals surface area contributed by atoms with E-state index >= 15 is 0 Å². The standard InChI is InChI=1S/C9H10N10O/c1-5-14-6(20-18-5)2-12-8-15-7(10)16-9(17-8)19-4-11-3-13-19/h3-4H,2H2,1H3,(H3,10,12,15,16,17). The Morgan fingerprint density at radius 2 is 2.20 bits per heavy atom. The number of hydrogen-bond acceptors (Lipinski definition) is 10. The summed E-state index contributed by atoms with van der Waals surface area (Å²) < 4.78 is 6.34. The van der Waals surface area contributed by atoms with Crippen molar-refractivity contribution in [1.82, 2.24) is 39.9 Å². The molecular weight excluding hydrogens is 264 g/mol. The van der Waals surface area contributed by atoms with Gasteiger partial charge in [0.25, 0.3) is 5.95 Å². The monoisotopic (exact) mass is 274 g/mol. The predicted molar refractivity (Wildman–Crippen MR) is 65.5 cm³/mol. The molecule has 0 spiro atoms. The Labute approximate surface area is 112 Å². The molecule has 0 aliphatic rings. The number of rotatable bonds is 4. The van der Waals surface area contributed by atoms with Crippen LogP contribution in [0.2, 0.25) is 0 Å².